The number of guanidine groups is 1. The number of aliphatic imine (C=N–C) groups is 1. The highest BCUT2D eigenvalue weighted by Crippen LogP contribution is 2.21. The van der Waals surface area contributed by atoms with Crippen LogP contribution in [0.1, 0.15) is 18.9 Å². The molecule has 1 aromatic rings. The van der Waals surface area contributed by atoms with Crippen molar-refractivity contribution < 1.29 is 4.74 Å². The van der Waals surface area contributed by atoms with Gasteiger partial charge in [-0.25, -0.2) is 9.98 Å². The summed E-state index contributed by atoms with van der Waals surface area (Å²) in [5.74, 6) is 2.69. The predicted octanol–water partition coefficient (Wildman–Crippen LogP) is 1.27. The molecule has 7 nitrogen and oxygen atoms in total. The molecule has 2 saturated heterocycles. The average molecular weight is 375 g/mol. The molecule has 2 fully saturated rings. The number of likely N-dealkylation sites (tertiary alicyclic amines) is 1. The largest absolute Gasteiger partial charge is 0.384 e. The van der Waals surface area contributed by atoms with Gasteiger partial charge >= 0.3 is 0 Å². The smallest absolute Gasteiger partial charge is 0.194 e. The number of methoxy groups -OCH3 is 1. The zero-order valence-corrected chi connectivity index (χ0v) is 17.0. The van der Waals surface area contributed by atoms with Crippen LogP contribution in [0, 0.1) is 5.92 Å². The lowest BCUT2D eigenvalue weighted by molar-refractivity contribution is 0.157. The summed E-state index contributed by atoms with van der Waals surface area (Å²) >= 11 is 0. The number of aromatic nitrogens is 1. The van der Waals surface area contributed by atoms with Crippen molar-refractivity contribution in [3.05, 3.63) is 23.9 Å². The molecule has 1 unspecified atom stereocenters. The van der Waals surface area contributed by atoms with E-state index in [1.807, 2.05) is 12.3 Å². The van der Waals surface area contributed by atoms with E-state index in [9.17, 15) is 0 Å². The molecular formula is C20H34N6O. The predicted molar refractivity (Wildman–Crippen MR) is 110 cm³/mol. The summed E-state index contributed by atoms with van der Waals surface area (Å²) in [6.45, 7) is 10.7. The minimum Gasteiger partial charge on any atom is -0.384 e. The van der Waals surface area contributed by atoms with E-state index in [0.29, 0.717) is 12.5 Å². The molecule has 0 aliphatic carbocycles. The maximum absolute atomic E-state index is 5.33. The minimum atomic E-state index is 0.596. The second-order valence-electron chi connectivity index (χ2n) is 7.50. The Morgan fingerprint density at radius 3 is 2.85 bits per heavy atom. The normalized spacial score (nSPS) is 21.7. The third-order valence-electron chi connectivity index (χ3n) is 5.39. The number of nitrogens with zero attached hydrogens (tertiary/aromatic N) is 5. The molecule has 3 rings (SSSR count). The van der Waals surface area contributed by atoms with Gasteiger partial charge in [0.1, 0.15) is 5.82 Å². The molecule has 0 spiro atoms. The van der Waals surface area contributed by atoms with Crippen LogP contribution in [0.5, 0.6) is 0 Å². The fourth-order valence-corrected chi connectivity index (χ4v) is 3.84. The molecule has 1 aromatic heterocycles. The standard InChI is InChI=1S/C20H34N6O/c1-4-21-20(26-9-7-17(15-26)16-27-3)23-14-18-6-5-8-22-19(18)25-12-10-24(2)11-13-25/h5-6,8,17H,4,7,9-16H2,1-3H3,(H,21,23). The first kappa shape index (κ1) is 19.9. The van der Waals surface area contributed by atoms with E-state index < -0.39 is 0 Å². The summed E-state index contributed by atoms with van der Waals surface area (Å²) in [6, 6.07) is 4.17. The fourth-order valence-electron chi connectivity index (χ4n) is 3.84. The molecule has 2 aliphatic heterocycles. The Labute approximate surface area is 163 Å². The summed E-state index contributed by atoms with van der Waals surface area (Å²) in [7, 11) is 3.96. The highest BCUT2D eigenvalue weighted by molar-refractivity contribution is 5.80. The zero-order chi connectivity index (χ0) is 19.1. The Hall–Kier alpha value is -1.86. The van der Waals surface area contributed by atoms with Gasteiger partial charge in [0.05, 0.1) is 13.2 Å². The molecule has 0 aromatic carbocycles. The third kappa shape index (κ3) is 5.32. The first-order valence-electron chi connectivity index (χ1n) is 10.1. The van der Waals surface area contributed by atoms with Gasteiger partial charge < -0.3 is 24.8 Å². The Bertz CT molecular complexity index is 614. The fraction of sp³-hybridized carbons (Fsp3) is 0.700. The van der Waals surface area contributed by atoms with Gasteiger partial charge in [0.25, 0.3) is 0 Å². The lowest BCUT2D eigenvalue weighted by Gasteiger charge is -2.34. The quantitative estimate of drug-likeness (QED) is 0.598. The van der Waals surface area contributed by atoms with Gasteiger partial charge in [0.15, 0.2) is 5.96 Å². The molecule has 0 saturated carbocycles. The van der Waals surface area contributed by atoms with E-state index in [2.05, 4.69) is 45.0 Å². The number of nitrogens with one attached hydrogen (secondary N) is 1. The van der Waals surface area contributed by atoms with Crippen molar-refractivity contribution in [1.29, 1.82) is 0 Å². The van der Waals surface area contributed by atoms with Crippen molar-refractivity contribution in [2.45, 2.75) is 19.9 Å². The monoisotopic (exact) mass is 374 g/mol. The van der Waals surface area contributed by atoms with E-state index in [-0.39, 0.29) is 0 Å². The van der Waals surface area contributed by atoms with Crippen molar-refractivity contribution in [1.82, 2.24) is 20.1 Å². The van der Waals surface area contributed by atoms with Gasteiger partial charge in [0.2, 0.25) is 0 Å². The van der Waals surface area contributed by atoms with Crippen molar-refractivity contribution in [3.8, 4) is 0 Å². The Kier molecular flexibility index (Phi) is 7.29. The molecule has 1 N–H and O–H groups in total. The first-order chi connectivity index (χ1) is 13.2. The van der Waals surface area contributed by atoms with Crippen LogP contribution >= 0.6 is 0 Å². The highest BCUT2D eigenvalue weighted by atomic mass is 16.5. The second-order valence-corrected chi connectivity index (χ2v) is 7.50. The SMILES string of the molecule is CCNC(=NCc1cccnc1N1CCN(C)CC1)N1CCC(COC)C1. The molecule has 0 radical (unpaired) electrons. The van der Waals surface area contributed by atoms with Gasteiger partial charge in [-0.15, -0.1) is 0 Å². The number of likely N-dealkylation sites (N-methyl/N-ethyl adjacent to an activating group) is 1. The number of piperazine rings is 1. The van der Waals surface area contributed by atoms with Crippen LogP contribution in [-0.2, 0) is 11.3 Å². The van der Waals surface area contributed by atoms with Crippen molar-refractivity contribution in [2.24, 2.45) is 10.9 Å². The summed E-state index contributed by atoms with van der Waals surface area (Å²) in [6.07, 6.45) is 3.06. The molecule has 3 heterocycles. The third-order valence-corrected chi connectivity index (χ3v) is 5.39. The van der Waals surface area contributed by atoms with Crippen LogP contribution in [0.25, 0.3) is 0 Å². The second kappa shape index (κ2) is 9.90. The Balaban J connectivity index is 1.69. The molecule has 0 amide bonds. The van der Waals surface area contributed by atoms with E-state index in [4.69, 9.17) is 9.73 Å². The van der Waals surface area contributed by atoms with Gasteiger partial charge in [-0.3, -0.25) is 0 Å². The number of hydrogen-bond acceptors (Lipinski definition) is 5. The zero-order valence-electron chi connectivity index (χ0n) is 17.0. The number of ether oxygens (including phenoxy) is 1. The van der Waals surface area contributed by atoms with E-state index >= 15 is 0 Å². The van der Waals surface area contributed by atoms with Crippen LogP contribution in [-0.4, -0.2) is 87.3 Å². The molecule has 7 heteroatoms. The lowest BCUT2D eigenvalue weighted by atomic mass is 10.1. The first-order valence-corrected chi connectivity index (χ1v) is 10.1. The van der Waals surface area contributed by atoms with Crippen LogP contribution < -0.4 is 10.2 Å². The van der Waals surface area contributed by atoms with Crippen molar-refractivity contribution in [3.63, 3.8) is 0 Å². The van der Waals surface area contributed by atoms with Crippen molar-refractivity contribution in [2.75, 3.05) is 71.5 Å². The van der Waals surface area contributed by atoms with Crippen LogP contribution in [0.3, 0.4) is 0 Å². The number of pyridine rings is 1. The summed E-state index contributed by atoms with van der Waals surface area (Å²) in [5, 5.41) is 3.46. The van der Waals surface area contributed by atoms with E-state index in [1.165, 1.54) is 5.56 Å². The summed E-state index contributed by atoms with van der Waals surface area (Å²) in [4.78, 5) is 16.7. The molecule has 1 atom stereocenters. The summed E-state index contributed by atoms with van der Waals surface area (Å²) in [5.41, 5.74) is 1.20. The van der Waals surface area contributed by atoms with Gasteiger partial charge in [0, 0.05) is 70.6 Å². The van der Waals surface area contributed by atoms with Gasteiger partial charge in [-0.05, 0) is 26.5 Å². The molecule has 0 bridgehead atoms. The molecule has 27 heavy (non-hydrogen) atoms. The van der Waals surface area contributed by atoms with Gasteiger partial charge in [-0.1, -0.05) is 6.07 Å². The lowest BCUT2D eigenvalue weighted by Crippen LogP contribution is -2.45. The number of anilines is 1. The number of rotatable bonds is 6. The Morgan fingerprint density at radius 2 is 2.11 bits per heavy atom. The maximum atomic E-state index is 5.33. The number of hydrogen-bond donors (Lipinski definition) is 1. The van der Waals surface area contributed by atoms with Gasteiger partial charge in [-0.2, -0.15) is 0 Å². The van der Waals surface area contributed by atoms with Crippen LogP contribution in [0.15, 0.2) is 23.3 Å². The van der Waals surface area contributed by atoms with Crippen molar-refractivity contribution >= 4 is 11.8 Å². The molecule has 2 aliphatic rings. The van der Waals surface area contributed by atoms with Crippen LogP contribution in [0.4, 0.5) is 5.82 Å². The minimum absolute atomic E-state index is 0.596. The van der Waals surface area contributed by atoms with E-state index in [0.717, 1.165) is 70.6 Å². The average Bonchev–Trinajstić information content (AvgIpc) is 3.15. The molecular weight excluding hydrogens is 340 g/mol. The highest BCUT2D eigenvalue weighted by Gasteiger charge is 2.25. The topological polar surface area (TPSA) is 56.2 Å². The maximum Gasteiger partial charge on any atom is 0.194 e. The summed E-state index contributed by atoms with van der Waals surface area (Å²) < 4.78 is 5.33. The molecule has 150 valence electrons. The van der Waals surface area contributed by atoms with E-state index in [1.54, 1.807) is 7.11 Å². The van der Waals surface area contributed by atoms with Crippen LogP contribution in [0.2, 0.25) is 0 Å². The Morgan fingerprint density at radius 1 is 1.30 bits per heavy atom.